The molecule has 0 aliphatic heterocycles. The van der Waals surface area contributed by atoms with E-state index in [1.807, 2.05) is 5.38 Å². The van der Waals surface area contributed by atoms with Crippen LogP contribution >= 0.6 is 11.3 Å². The van der Waals surface area contributed by atoms with Crippen LogP contribution in [0.2, 0.25) is 0 Å². The van der Waals surface area contributed by atoms with Crippen LogP contribution in [0.4, 0.5) is 10.1 Å². The molecule has 0 unspecified atom stereocenters. The molecule has 5 heteroatoms. The Hall–Kier alpha value is -2.97. The van der Waals surface area contributed by atoms with Gasteiger partial charge in [0.2, 0.25) is 0 Å². The van der Waals surface area contributed by atoms with E-state index in [2.05, 4.69) is 54.5 Å². The molecule has 3 aromatic rings. The summed E-state index contributed by atoms with van der Waals surface area (Å²) in [4.78, 5) is 4.60. The number of allylic oxidation sites excluding steroid dienone is 1. The first-order valence-corrected chi connectivity index (χ1v) is 10.0. The maximum atomic E-state index is 13.7. The maximum absolute atomic E-state index is 13.7. The summed E-state index contributed by atoms with van der Waals surface area (Å²) in [6.07, 6.45) is 2.62. The predicted octanol–water partition coefficient (Wildman–Crippen LogP) is 6.43. The van der Waals surface area contributed by atoms with Gasteiger partial charge < -0.3 is 5.32 Å². The molecule has 1 aromatic heterocycles. The Bertz CT molecular complexity index is 1030. The van der Waals surface area contributed by atoms with E-state index in [9.17, 15) is 9.65 Å². The summed E-state index contributed by atoms with van der Waals surface area (Å²) < 4.78 is 13.7. The van der Waals surface area contributed by atoms with Crippen LogP contribution in [-0.4, -0.2) is 4.98 Å². The number of nitrogens with one attached hydrogen (secondary N) is 1. The van der Waals surface area contributed by atoms with Gasteiger partial charge >= 0.3 is 0 Å². The molecule has 2 aromatic carbocycles. The molecule has 0 fully saturated rings. The molecule has 3 nitrogen and oxygen atoms in total. The fraction of sp³-hybridized carbons (Fsp3) is 0.217. The van der Waals surface area contributed by atoms with Crippen LogP contribution in [0.1, 0.15) is 30.0 Å². The Morgan fingerprint density at radius 2 is 2.00 bits per heavy atom. The number of aryl methyl sites for hydroxylation is 1. The quantitative estimate of drug-likeness (QED) is 0.492. The van der Waals surface area contributed by atoms with Gasteiger partial charge in [-0.15, -0.1) is 11.3 Å². The second kappa shape index (κ2) is 8.81. The molecule has 28 heavy (non-hydrogen) atoms. The zero-order valence-corrected chi connectivity index (χ0v) is 17.0. The Morgan fingerprint density at radius 1 is 1.25 bits per heavy atom. The molecule has 0 radical (unpaired) electrons. The number of hydrogen-bond donors (Lipinski definition) is 1. The number of hydrogen-bond acceptors (Lipinski definition) is 4. The highest BCUT2D eigenvalue weighted by molar-refractivity contribution is 7.11. The molecule has 142 valence electrons. The monoisotopic (exact) mass is 391 g/mol. The molecule has 1 N–H and O–H groups in total. The Balaban J connectivity index is 1.77. The first-order valence-electron chi connectivity index (χ1n) is 9.14. The molecule has 0 bridgehead atoms. The van der Waals surface area contributed by atoms with E-state index in [1.165, 1.54) is 23.0 Å². The highest BCUT2D eigenvalue weighted by Crippen LogP contribution is 2.27. The van der Waals surface area contributed by atoms with Crippen molar-refractivity contribution in [3.8, 4) is 17.3 Å². The van der Waals surface area contributed by atoms with Gasteiger partial charge in [-0.3, -0.25) is 0 Å². The van der Waals surface area contributed by atoms with Crippen molar-refractivity contribution in [2.45, 2.75) is 27.2 Å². The molecular weight excluding hydrogens is 369 g/mol. The first-order chi connectivity index (χ1) is 13.5. The summed E-state index contributed by atoms with van der Waals surface area (Å²) in [5.41, 5.74) is 4.77. The van der Waals surface area contributed by atoms with Crippen LogP contribution in [0.15, 0.2) is 54.0 Å². The highest BCUT2D eigenvalue weighted by atomic mass is 32.1. The Morgan fingerprint density at radius 3 is 2.64 bits per heavy atom. The van der Waals surface area contributed by atoms with Gasteiger partial charge in [0.1, 0.15) is 22.5 Å². The van der Waals surface area contributed by atoms with Crippen LogP contribution in [0.3, 0.4) is 0 Å². The van der Waals surface area contributed by atoms with Crippen LogP contribution in [0.25, 0.3) is 16.8 Å². The molecule has 0 amide bonds. The van der Waals surface area contributed by atoms with Crippen molar-refractivity contribution >= 4 is 22.6 Å². The molecule has 0 atom stereocenters. The average molecular weight is 392 g/mol. The zero-order chi connectivity index (χ0) is 20.1. The molecule has 0 saturated carbocycles. The van der Waals surface area contributed by atoms with Crippen LogP contribution < -0.4 is 5.32 Å². The van der Waals surface area contributed by atoms with Crippen molar-refractivity contribution in [1.82, 2.24) is 4.98 Å². The average Bonchev–Trinajstić information content (AvgIpc) is 3.15. The van der Waals surface area contributed by atoms with E-state index in [1.54, 1.807) is 25.3 Å². The third-order valence-corrected chi connectivity index (χ3v) is 5.18. The van der Waals surface area contributed by atoms with Crippen molar-refractivity contribution in [3.05, 3.63) is 76.0 Å². The zero-order valence-electron chi connectivity index (χ0n) is 16.2. The topological polar surface area (TPSA) is 48.7 Å². The van der Waals surface area contributed by atoms with E-state index < -0.39 is 0 Å². The van der Waals surface area contributed by atoms with Gasteiger partial charge in [0.05, 0.1) is 5.69 Å². The van der Waals surface area contributed by atoms with Crippen molar-refractivity contribution < 1.29 is 4.39 Å². The second-order valence-electron chi connectivity index (χ2n) is 7.11. The number of thiazole rings is 1. The van der Waals surface area contributed by atoms with Crippen LogP contribution in [0.5, 0.6) is 0 Å². The summed E-state index contributed by atoms with van der Waals surface area (Å²) in [5, 5.41) is 15.0. The lowest BCUT2D eigenvalue weighted by Crippen LogP contribution is -1.94. The largest absolute Gasteiger partial charge is 0.360 e. The normalized spacial score (nSPS) is 11.5. The maximum Gasteiger partial charge on any atom is 0.136 e. The number of nitrogens with zero attached hydrogens (tertiary/aromatic N) is 2. The number of anilines is 1. The van der Waals surface area contributed by atoms with Gasteiger partial charge in [-0.1, -0.05) is 44.2 Å². The molecular formula is C23H22FN3S. The summed E-state index contributed by atoms with van der Waals surface area (Å²) in [5.74, 6) is 0.337. The minimum Gasteiger partial charge on any atom is -0.360 e. The molecule has 0 spiro atoms. The minimum atomic E-state index is -0.283. The lowest BCUT2D eigenvalue weighted by Gasteiger charge is -2.05. The number of halogens is 1. The third kappa shape index (κ3) is 4.85. The van der Waals surface area contributed by atoms with E-state index in [0.29, 0.717) is 27.7 Å². The summed E-state index contributed by atoms with van der Waals surface area (Å²) in [6, 6.07) is 15.4. The molecule has 1 heterocycles. The van der Waals surface area contributed by atoms with E-state index in [4.69, 9.17) is 0 Å². The molecule has 0 aliphatic rings. The first kappa shape index (κ1) is 19.8. The SMILES string of the molecule is Cc1ccc(NC=C(C#N)c2nc(-c3ccc(CC(C)C)cc3)cs2)cc1F. The number of aromatic nitrogens is 1. The van der Waals surface area contributed by atoms with Crippen molar-refractivity contribution in [1.29, 1.82) is 5.26 Å². The van der Waals surface area contributed by atoms with E-state index in [0.717, 1.165) is 17.7 Å². The lowest BCUT2D eigenvalue weighted by molar-refractivity contribution is 0.619. The van der Waals surface area contributed by atoms with E-state index in [-0.39, 0.29) is 5.82 Å². The number of nitriles is 1. The lowest BCUT2D eigenvalue weighted by atomic mass is 10.0. The van der Waals surface area contributed by atoms with Gasteiger partial charge in [-0.05, 0) is 42.5 Å². The Labute approximate surface area is 169 Å². The van der Waals surface area contributed by atoms with Crippen molar-refractivity contribution in [2.75, 3.05) is 5.32 Å². The molecule has 0 saturated heterocycles. The summed E-state index contributed by atoms with van der Waals surface area (Å²) in [7, 11) is 0. The highest BCUT2D eigenvalue weighted by Gasteiger charge is 2.09. The van der Waals surface area contributed by atoms with Crippen molar-refractivity contribution in [2.24, 2.45) is 5.92 Å². The number of rotatable bonds is 6. The van der Waals surface area contributed by atoms with Crippen LogP contribution in [-0.2, 0) is 6.42 Å². The van der Waals surface area contributed by atoms with Gasteiger partial charge in [-0.2, -0.15) is 5.26 Å². The summed E-state index contributed by atoms with van der Waals surface area (Å²) >= 11 is 1.42. The molecule has 0 aliphatic carbocycles. The number of benzene rings is 2. The van der Waals surface area contributed by atoms with Gasteiger partial charge in [0.25, 0.3) is 0 Å². The third-order valence-electron chi connectivity index (χ3n) is 4.30. The van der Waals surface area contributed by atoms with Crippen molar-refractivity contribution in [3.63, 3.8) is 0 Å². The smallest absolute Gasteiger partial charge is 0.136 e. The van der Waals surface area contributed by atoms with Gasteiger partial charge in [-0.25, -0.2) is 9.37 Å². The van der Waals surface area contributed by atoms with Crippen LogP contribution in [0, 0.1) is 30.0 Å². The fourth-order valence-corrected chi connectivity index (χ4v) is 3.59. The second-order valence-corrected chi connectivity index (χ2v) is 7.97. The van der Waals surface area contributed by atoms with E-state index >= 15 is 0 Å². The minimum absolute atomic E-state index is 0.283. The van der Waals surface area contributed by atoms with Gasteiger partial charge in [0.15, 0.2) is 0 Å². The Kier molecular flexibility index (Phi) is 6.23. The predicted molar refractivity (Wildman–Crippen MR) is 114 cm³/mol. The summed E-state index contributed by atoms with van der Waals surface area (Å²) in [6.45, 7) is 6.12. The van der Waals surface area contributed by atoms with Gasteiger partial charge in [0, 0.05) is 22.8 Å². The standard InChI is InChI=1S/C23H22FN3S/c1-15(2)10-17-5-7-18(8-6-17)22-14-28-23(27-22)19(12-25)13-26-20-9-4-16(3)21(24)11-20/h4-9,11,13-15,26H,10H2,1-3H3. The fourth-order valence-electron chi connectivity index (χ4n) is 2.79. The molecule has 3 rings (SSSR count).